The van der Waals surface area contributed by atoms with Crippen LogP contribution in [0.3, 0.4) is 0 Å². The first-order valence-corrected chi connectivity index (χ1v) is 9.10. The van der Waals surface area contributed by atoms with Gasteiger partial charge in [0.05, 0.1) is 0 Å². The molecule has 2 atom stereocenters. The molecule has 2 N–H and O–H groups in total. The van der Waals surface area contributed by atoms with Crippen LogP contribution in [0.15, 0.2) is 48.5 Å². The first-order valence-electron chi connectivity index (χ1n) is 9.10. The maximum absolute atomic E-state index is 13.1. The fraction of sp³-hybridized carbons (Fsp3) is 0.333. The van der Waals surface area contributed by atoms with Crippen molar-refractivity contribution in [2.45, 2.75) is 32.4 Å². The minimum Gasteiger partial charge on any atom is -0.508 e. The molecule has 2 amide bonds. The molecule has 2 saturated heterocycles. The zero-order chi connectivity index (χ0) is 19.3. The Kier molecular flexibility index (Phi) is 3.87. The van der Waals surface area contributed by atoms with Gasteiger partial charge in [-0.1, -0.05) is 13.8 Å². The van der Waals surface area contributed by atoms with Crippen molar-refractivity contribution in [1.29, 1.82) is 0 Å². The highest BCUT2D eigenvalue weighted by atomic mass is 16.3. The number of amides is 2. The Morgan fingerprint density at radius 3 is 1.41 bits per heavy atom. The predicted octanol–water partition coefficient (Wildman–Crippen LogP) is 3.24. The topological polar surface area (TPSA) is 81.1 Å². The Morgan fingerprint density at radius 1 is 0.741 bits per heavy atom. The molecular weight excluding hydrogens is 344 g/mol. The van der Waals surface area contributed by atoms with Gasteiger partial charge in [0.2, 0.25) is 11.8 Å². The SMILES string of the molecule is CC1CC2(CC(C)C(=O)N2c2ccc(O)cc2)N(c2ccc(O)cc2)C1=O. The fourth-order valence-corrected chi connectivity index (χ4v) is 4.49. The molecule has 2 heterocycles. The Labute approximate surface area is 157 Å². The average Bonchev–Trinajstić information content (AvgIpc) is 3.02. The summed E-state index contributed by atoms with van der Waals surface area (Å²) in [6, 6.07) is 13.0. The third-order valence-corrected chi connectivity index (χ3v) is 5.60. The summed E-state index contributed by atoms with van der Waals surface area (Å²) in [4.78, 5) is 29.6. The van der Waals surface area contributed by atoms with Crippen LogP contribution in [0.5, 0.6) is 11.5 Å². The minimum absolute atomic E-state index is 0.0358. The maximum Gasteiger partial charge on any atom is 0.231 e. The average molecular weight is 366 g/mol. The van der Waals surface area contributed by atoms with Crippen LogP contribution in [0.4, 0.5) is 11.4 Å². The molecule has 27 heavy (non-hydrogen) atoms. The highest BCUT2D eigenvalue weighted by Crippen LogP contribution is 2.50. The van der Waals surface area contributed by atoms with Crippen LogP contribution in [0.2, 0.25) is 0 Å². The smallest absolute Gasteiger partial charge is 0.231 e. The van der Waals surface area contributed by atoms with Crippen LogP contribution >= 0.6 is 0 Å². The number of anilines is 2. The van der Waals surface area contributed by atoms with Crippen molar-refractivity contribution in [3.8, 4) is 11.5 Å². The molecule has 0 saturated carbocycles. The highest BCUT2D eigenvalue weighted by molar-refractivity contribution is 6.07. The van der Waals surface area contributed by atoms with E-state index < -0.39 is 5.66 Å². The van der Waals surface area contributed by atoms with E-state index in [4.69, 9.17) is 0 Å². The van der Waals surface area contributed by atoms with Gasteiger partial charge in [0.25, 0.3) is 0 Å². The van der Waals surface area contributed by atoms with E-state index in [0.29, 0.717) is 24.2 Å². The van der Waals surface area contributed by atoms with Gasteiger partial charge in [0.15, 0.2) is 0 Å². The van der Waals surface area contributed by atoms with Crippen molar-refractivity contribution < 1.29 is 19.8 Å². The number of phenolic OH excluding ortho intramolecular Hbond substituents is 2. The molecule has 2 aromatic rings. The van der Waals surface area contributed by atoms with Crippen LogP contribution in [0, 0.1) is 11.8 Å². The van der Waals surface area contributed by atoms with Crippen LogP contribution in [0.25, 0.3) is 0 Å². The lowest BCUT2D eigenvalue weighted by atomic mass is 9.95. The molecule has 0 aromatic heterocycles. The van der Waals surface area contributed by atoms with Crippen LogP contribution < -0.4 is 9.80 Å². The summed E-state index contributed by atoms with van der Waals surface area (Å²) in [7, 11) is 0. The van der Waals surface area contributed by atoms with Crippen molar-refractivity contribution in [3.63, 3.8) is 0 Å². The Balaban J connectivity index is 1.88. The number of benzene rings is 2. The first kappa shape index (κ1) is 17.4. The second-order valence-electron chi connectivity index (χ2n) is 7.57. The molecule has 2 aliphatic rings. The fourth-order valence-electron chi connectivity index (χ4n) is 4.49. The zero-order valence-electron chi connectivity index (χ0n) is 15.3. The number of aromatic hydroxyl groups is 2. The van der Waals surface area contributed by atoms with Crippen molar-refractivity contribution in [1.82, 2.24) is 0 Å². The second-order valence-corrected chi connectivity index (χ2v) is 7.57. The molecule has 140 valence electrons. The summed E-state index contributed by atoms with van der Waals surface area (Å²) in [5.41, 5.74) is 0.529. The van der Waals surface area contributed by atoms with Gasteiger partial charge in [-0.2, -0.15) is 0 Å². The summed E-state index contributed by atoms with van der Waals surface area (Å²) < 4.78 is 0. The summed E-state index contributed by atoms with van der Waals surface area (Å²) in [5, 5.41) is 19.2. The lowest BCUT2D eigenvalue weighted by Crippen LogP contribution is -2.56. The third kappa shape index (κ3) is 2.55. The van der Waals surface area contributed by atoms with Crippen LogP contribution in [-0.2, 0) is 9.59 Å². The molecule has 2 fully saturated rings. The van der Waals surface area contributed by atoms with E-state index in [1.165, 1.54) is 0 Å². The van der Waals surface area contributed by atoms with E-state index in [1.807, 2.05) is 13.8 Å². The number of carbonyl (C=O) groups is 2. The highest BCUT2D eigenvalue weighted by Gasteiger charge is 2.60. The largest absolute Gasteiger partial charge is 0.508 e. The number of hydrogen-bond acceptors (Lipinski definition) is 4. The Bertz CT molecular complexity index is 816. The second kappa shape index (κ2) is 6.01. The lowest BCUT2D eigenvalue weighted by Gasteiger charge is -2.42. The number of nitrogens with zero attached hydrogens (tertiary/aromatic N) is 2. The number of hydrogen-bond donors (Lipinski definition) is 2. The van der Waals surface area contributed by atoms with Gasteiger partial charge in [0.1, 0.15) is 17.2 Å². The van der Waals surface area contributed by atoms with Gasteiger partial charge in [-0.25, -0.2) is 0 Å². The van der Waals surface area contributed by atoms with E-state index in [-0.39, 0.29) is 35.1 Å². The lowest BCUT2D eigenvalue weighted by molar-refractivity contribution is -0.120. The van der Waals surface area contributed by atoms with Crippen molar-refractivity contribution in [3.05, 3.63) is 48.5 Å². The molecule has 6 heteroatoms. The van der Waals surface area contributed by atoms with Crippen LogP contribution in [-0.4, -0.2) is 27.7 Å². The van der Waals surface area contributed by atoms with Crippen molar-refractivity contribution >= 4 is 23.2 Å². The van der Waals surface area contributed by atoms with Gasteiger partial charge in [-0.15, -0.1) is 0 Å². The molecule has 0 aliphatic carbocycles. The third-order valence-electron chi connectivity index (χ3n) is 5.60. The molecule has 6 nitrogen and oxygen atoms in total. The minimum atomic E-state index is -0.791. The molecule has 0 radical (unpaired) electrons. The van der Waals surface area contributed by atoms with Gasteiger partial charge >= 0.3 is 0 Å². The Morgan fingerprint density at radius 2 is 1.07 bits per heavy atom. The van der Waals surface area contributed by atoms with Gasteiger partial charge in [-0.05, 0) is 48.5 Å². The van der Waals surface area contributed by atoms with Gasteiger partial charge in [0, 0.05) is 36.1 Å². The normalized spacial score (nSPS) is 27.8. The van der Waals surface area contributed by atoms with E-state index in [0.717, 1.165) is 0 Å². The number of phenols is 2. The quantitative estimate of drug-likeness (QED) is 0.855. The van der Waals surface area contributed by atoms with E-state index in [9.17, 15) is 19.8 Å². The molecule has 2 unspecified atom stereocenters. The van der Waals surface area contributed by atoms with Crippen molar-refractivity contribution in [2.75, 3.05) is 9.80 Å². The molecular formula is C21H22N2O4. The number of rotatable bonds is 2. The van der Waals surface area contributed by atoms with Gasteiger partial charge in [-0.3, -0.25) is 19.4 Å². The summed E-state index contributed by atoms with van der Waals surface area (Å²) in [5.74, 6) is -0.275. The Hall–Kier alpha value is -3.02. The molecule has 2 aliphatic heterocycles. The van der Waals surface area contributed by atoms with Crippen LogP contribution in [0.1, 0.15) is 26.7 Å². The van der Waals surface area contributed by atoms with Crippen molar-refractivity contribution in [2.24, 2.45) is 11.8 Å². The maximum atomic E-state index is 13.1. The van der Waals surface area contributed by atoms with Gasteiger partial charge < -0.3 is 10.2 Å². The summed E-state index contributed by atoms with van der Waals surface area (Å²) >= 11 is 0. The molecule has 1 spiro atoms. The first-order chi connectivity index (χ1) is 12.8. The van der Waals surface area contributed by atoms with E-state index in [2.05, 4.69) is 0 Å². The van der Waals surface area contributed by atoms with E-state index >= 15 is 0 Å². The monoisotopic (exact) mass is 366 g/mol. The molecule has 4 rings (SSSR count). The standard InChI is InChI=1S/C21H22N2O4/c1-13-11-21(22(19(13)26)15-3-7-17(24)8-4-15)12-14(2)20(27)23(21)16-5-9-18(25)10-6-16/h3-10,13-14,24-25H,11-12H2,1-2H3. The predicted molar refractivity (Wildman–Crippen MR) is 101 cm³/mol. The molecule has 2 aromatic carbocycles. The summed E-state index contributed by atoms with van der Waals surface area (Å²) in [6.45, 7) is 3.76. The summed E-state index contributed by atoms with van der Waals surface area (Å²) in [6.07, 6.45) is 1.06. The zero-order valence-corrected chi connectivity index (χ0v) is 15.3. The molecule has 0 bridgehead atoms. The van der Waals surface area contributed by atoms with E-state index in [1.54, 1.807) is 58.3 Å². The number of carbonyl (C=O) groups excluding carboxylic acids is 2.